The molecule has 0 aliphatic carbocycles. The Morgan fingerprint density at radius 2 is 2.06 bits per heavy atom. The topological polar surface area (TPSA) is 96.6 Å². The molecule has 18 heavy (non-hydrogen) atoms. The summed E-state index contributed by atoms with van der Waals surface area (Å²) in [4.78, 5) is 10.9. The normalized spacial score (nSPS) is 11.8. The lowest BCUT2D eigenvalue weighted by Crippen LogP contribution is -2.04. The van der Waals surface area contributed by atoms with E-state index in [1.165, 1.54) is 31.3 Å². The van der Waals surface area contributed by atoms with Crippen LogP contribution in [-0.2, 0) is 9.84 Å². The van der Waals surface area contributed by atoms with Crippen LogP contribution in [0.4, 0.5) is 4.79 Å². The average Bonchev–Trinajstić information content (AvgIpc) is 2.66. The van der Waals surface area contributed by atoms with E-state index in [4.69, 9.17) is 5.11 Å². The van der Waals surface area contributed by atoms with Crippen molar-refractivity contribution in [3.05, 3.63) is 24.4 Å². The molecule has 0 fully saturated rings. The van der Waals surface area contributed by atoms with Crippen molar-refractivity contribution in [1.82, 2.24) is 4.57 Å². The molecule has 2 N–H and O–H groups in total. The highest BCUT2D eigenvalue weighted by atomic mass is 32.2. The molecule has 0 saturated heterocycles. The first kappa shape index (κ1) is 12.4. The standard InChI is InChI=1S/C11H11NO5S/c1-2-18(16,17)8-3-4-9-7(5-8)6-12(10(9)13)11(14)15/h3-6,13H,2H2,1H3,(H,14,15). The minimum Gasteiger partial charge on any atom is -0.494 e. The summed E-state index contributed by atoms with van der Waals surface area (Å²) in [5.74, 6) is -0.456. The van der Waals surface area contributed by atoms with Gasteiger partial charge in [0.1, 0.15) is 0 Å². The zero-order chi connectivity index (χ0) is 13.5. The Kier molecular flexibility index (Phi) is 2.78. The van der Waals surface area contributed by atoms with Crippen LogP contribution >= 0.6 is 0 Å². The highest BCUT2D eigenvalue weighted by Crippen LogP contribution is 2.29. The number of rotatable bonds is 2. The van der Waals surface area contributed by atoms with E-state index in [-0.39, 0.29) is 10.6 Å². The summed E-state index contributed by atoms with van der Waals surface area (Å²) in [5, 5.41) is 19.1. The van der Waals surface area contributed by atoms with Crippen LogP contribution in [0, 0.1) is 0 Å². The third-order valence-corrected chi connectivity index (χ3v) is 4.44. The molecule has 0 radical (unpaired) electrons. The molecule has 0 amide bonds. The zero-order valence-electron chi connectivity index (χ0n) is 9.49. The van der Waals surface area contributed by atoms with Gasteiger partial charge in [0.2, 0.25) is 5.88 Å². The maximum atomic E-state index is 11.7. The van der Waals surface area contributed by atoms with E-state index >= 15 is 0 Å². The highest BCUT2D eigenvalue weighted by Gasteiger charge is 2.16. The molecule has 2 aromatic rings. The van der Waals surface area contributed by atoms with Crippen LogP contribution in [0.25, 0.3) is 10.8 Å². The first-order valence-electron chi connectivity index (χ1n) is 5.17. The Morgan fingerprint density at radius 3 is 2.61 bits per heavy atom. The Labute approximate surface area is 103 Å². The summed E-state index contributed by atoms with van der Waals surface area (Å²) in [6, 6.07) is 4.10. The Hall–Kier alpha value is -2.02. The molecule has 0 unspecified atom stereocenters. The molecule has 96 valence electrons. The van der Waals surface area contributed by atoms with E-state index < -0.39 is 21.8 Å². The second-order valence-electron chi connectivity index (χ2n) is 3.76. The minimum absolute atomic E-state index is 0.0376. The molecule has 7 heteroatoms. The van der Waals surface area contributed by atoms with E-state index in [0.29, 0.717) is 15.3 Å². The van der Waals surface area contributed by atoms with Crippen LogP contribution in [0.2, 0.25) is 0 Å². The number of benzene rings is 1. The Morgan fingerprint density at radius 1 is 1.39 bits per heavy atom. The van der Waals surface area contributed by atoms with Crippen molar-refractivity contribution >= 4 is 26.7 Å². The van der Waals surface area contributed by atoms with Crippen LogP contribution < -0.4 is 0 Å². The number of aromatic hydroxyl groups is 1. The van der Waals surface area contributed by atoms with Crippen LogP contribution in [-0.4, -0.2) is 35.0 Å². The number of carbonyl (C=O) groups is 1. The van der Waals surface area contributed by atoms with Crippen molar-refractivity contribution < 1.29 is 23.4 Å². The summed E-state index contributed by atoms with van der Waals surface area (Å²) in [6.45, 7) is 1.53. The van der Waals surface area contributed by atoms with Crippen molar-refractivity contribution in [3.8, 4) is 5.88 Å². The number of sulfone groups is 1. The smallest absolute Gasteiger partial charge is 0.418 e. The molecule has 0 aliphatic rings. The number of hydrogen-bond donors (Lipinski definition) is 2. The van der Waals surface area contributed by atoms with Crippen molar-refractivity contribution in [3.63, 3.8) is 0 Å². The summed E-state index contributed by atoms with van der Waals surface area (Å²) in [6.07, 6.45) is -0.148. The number of fused-ring (bicyclic) bond motifs is 1. The lowest BCUT2D eigenvalue weighted by molar-refractivity contribution is 0.193. The first-order chi connectivity index (χ1) is 8.36. The lowest BCUT2D eigenvalue weighted by Gasteiger charge is -2.00. The molecular formula is C11H11NO5S. The van der Waals surface area contributed by atoms with Gasteiger partial charge in [-0.05, 0) is 18.2 Å². The summed E-state index contributed by atoms with van der Waals surface area (Å²) in [5.41, 5.74) is 0. The summed E-state index contributed by atoms with van der Waals surface area (Å²) < 4.78 is 24.0. The SMILES string of the molecule is CCS(=O)(=O)c1ccc2c(O)n(C(=O)O)cc2c1. The minimum atomic E-state index is -3.35. The molecule has 0 atom stereocenters. The van der Waals surface area contributed by atoms with Gasteiger partial charge in [-0.15, -0.1) is 0 Å². The van der Waals surface area contributed by atoms with Gasteiger partial charge >= 0.3 is 6.09 Å². The van der Waals surface area contributed by atoms with E-state index in [1.54, 1.807) is 0 Å². The van der Waals surface area contributed by atoms with E-state index in [1.807, 2.05) is 0 Å². The largest absolute Gasteiger partial charge is 0.494 e. The van der Waals surface area contributed by atoms with Crippen molar-refractivity contribution in [2.75, 3.05) is 5.75 Å². The van der Waals surface area contributed by atoms with Crippen molar-refractivity contribution in [2.45, 2.75) is 11.8 Å². The number of nitrogens with zero attached hydrogens (tertiary/aromatic N) is 1. The second kappa shape index (κ2) is 4.02. The van der Waals surface area contributed by atoms with Crippen LogP contribution in [0.15, 0.2) is 29.3 Å². The maximum absolute atomic E-state index is 11.7. The average molecular weight is 269 g/mol. The zero-order valence-corrected chi connectivity index (χ0v) is 10.3. The van der Waals surface area contributed by atoms with E-state index in [9.17, 15) is 18.3 Å². The second-order valence-corrected chi connectivity index (χ2v) is 6.04. The predicted octanol–water partition coefficient (Wildman–Crippen LogP) is 1.67. The Balaban J connectivity index is 2.71. The van der Waals surface area contributed by atoms with Crippen LogP contribution in [0.1, 0.15) is 6.92 Å². The molecule has 2 rings (SSSR count). The monoisotopic (exact) mass is 269 g/mol. The molecule has 0 aliphatic heterocycles. The van der Waals surface area contributed by atoms with Crippen molar-refractivity contribution in [1.29, 1.82) is 0 Å². The highest BCUT2D eigenvalue weighted by molar-refractivity contribution is 7.91. The molecule has 1 aromatic carbocycles. The maximum Gasteiger partial charge on any atom is 0.418 e. The molecule has 0 spiro atoms. The van der Waals surface area contributed by atoms with Gasteiger partial charge in [0.15, 0.2) is 9.84 Å². The number of carboxylic acid groups (broad SMARTS) is 1. The van der Waals surface area contributed by atoms with Gasteiger partial charge in [0, 0.05) is 17.0 Å². The fraction of sp³-hybridized carbons (Fsp3) is 0.182. The molecule has 1 aromatic heterocycles. The fourth-order valence-corrected chi connectivity index (χ4v) is 2.60. The predicted molar refractivity (Wildman–Crippen MR) is 64.8 cm³/mol. The first-order valence-corrected chi connectivity index (χ1v) is 6.82. The van der Waals surface area contributed by atoms with Crippen LogP contribution in [0.3, 0.4) is 0 Å². The van der Waals surface area contributed by atoms with E-state index in [2.05, 4.69) is 0 Å². The van der Waals surface area contributed by atoms with Gasteiger partial charge in [-0.1, -0.05) is 6.92 Å². The molecule has 0 bridgehead atoms. The van der Waals surface area contributed by atoms with Gasteiger partial charge in [-0.2, -0.15) is 0 Å². The number of aromatic nitrogens is 1. The molecule has 6 nitrogen and oxygen atoms in total. The van der Waals surface area contributed by atoms with Gasteiger partial charge in [0.05, 0.1) is 10.6 Å². The lowest BCUT2D eigenvalue weighted by atomic mass is 10.2. The quantitative estimate of drug-likeness (QED) is 0.864. The molecular weight excluding hydrogens is 258 g/mol. The third kappa shape index (κ3) is 1.82. The fourth-order valence-electron chi connectivity index (χ4n) is 1.69. The van der Waals surface area contributed by atoms with Gasteiger partial charge < -0.3 is 10.2 Å². The van der Waals surface area contributed by atoms with Crippen LogP contribution in [0.5, 0.6) is 5.88 Å². The number of hydrogen-bond acceptors (Lipinski definition) is 4. The van der Waals surface area contributed by atoms with Gasteiger partial charge in [-0.3, -0.25) is 0 Å². The van der Waals surface area contributed by atoms with Gasteiger partial charge in [-0.25, -0.2) is 17.8 Å². The van der Waals surface area contributed by atoms with Gasteiger partial charge in [0.25, 0.3) is 0 Å². The Bertz CT molecular complexity index is 729. The summed E-state index contributed by atoms with van der Waals surface area (Å²) >= 11 is 0. The van der Waals surface area contributed by atoms with E-state index in [0.717, 1.165) is 0 Å². The summed E-state index contributed by atoms with van der Waals surface area (Å²) in [7, 11) is -3.35. The molecule has 0 saturated carbocycles. The molecule has 1 heterocycles. The van der Waals surface area contributed by atoms with Crippen molar-refractivity contribution in [2.24, 2.45) is 0 Å². The third-order valence-electron chi connectivity index (χ3n) is 2.71.